The third-order valence-electron chi connectivity index (χ3n) is 5.23. The lowest BCUT2D eigenvalue weighted by Crippen LogP contribution is -2.34. The van der Waals surface area contributed by atoms with E-state index in [1.807, 2.05) is 30.3 Å². The molecule has 0 bridgehead atoms. The van der Waals surface area contributed by atoms with Crippen molar-refractivity contribution < 1.29 is 23.3 Å². The van der Waals surface area contributed by atoms with Gasteiger partial charge in [0.25, 0.3) is 0 Å². The lowest BCUT2D eigenvalue weighted by molar-refractivity contribution is -0.0623. The zero-order valence-corrected chi connectivity index (χ0v) is 17.3. The fourth-order valence-electron chi connectivity index (χ4n) is 3.82. The minimum atomic E-state index is -1.55. The number of aromatic nitrogens is 3. The van der Waals surface area contributed by atoms with Crippen LogP contribution in [0.4, 0.5) is 4.39 Å². The van der Waals surface area contributed by atoms with E-state index < -0.39 is 30.3 Å². The fourth-order valence-corrected chi connectivity index (χ4v) is 3.82. The lowest BCUT2D eigenvalue weighted by atomic mass is 10.1. The predicted molar refractivity (Wildman–Crippen MR) is 112 cm³/mol. The Morgan fingerprint density at radius 1 is 1.32 bits per heavy atom. The molecule has 0 amide bonds. The van der Waals surface area contributed by atoms with E-state index in [-0.39, 0.29) is 6.61 Å². The summed E-state index contributed by atoms with van der Waals surface area (Å²) in [4.78, 5) is 19.9. The second-order valence-electron chi connectivity index (χ2n) is 7.22. The molecule has 1 aliphatic heterocycles. The van der Waals surface area contributed by atoms with E-state index in [1.54, 1.807) is 0 Å². The molecule has 4 rings (SSSR count). The summed E-state index contributed by atoms with van der Waals surface area (Å²) in [6, 6.07) is 9.29. The number of nitrogens with two attached hydrogens (primary N) is 1. The molecule has 3 N–H and O–H groups in total. The largest absolute Gasteiger partial charge is 0.492 e. The number of aromatic amines is 1. The molecule has 10 heteroatoms. The van der Waals surface area contributed by atoms with E-state index in [0.717, 1.165) is 10.1 Å². The third kappa shape index (κ3) is 4.07. The summed E-state index contributed by atoms with van der Waals surface area (Å²) >= 11 is 0. The zero-order valence-electron chi connectivity index (χ0n) is 17.3. The molecular formula is C21H25FN4O5. The van der Waals surface area contributed by atoms with Crippen molar-refractivity contribution in [3.63, 3.8) is 0 Å². The van der Waals surface area contributed by atoms with Crippen molar-refractivity contribution in [1.82, 2.24) is 14.5 Å². The average molecular weight is 432 g/mol. The quantitative estimate of drug-likeness (QED) is 0.556. The minimum absolute atomic E-state index is 0.147. The summed E-state index contributed by atoms with van der Waals surface area (Å²) in [5, 5.41) is 0.628. The molecule has 0 aliphatic carbocycles. The summed E-state index contributed by atoms with van der Waals surface area (Å²) in [6.45, 7) is 0.911. The van der Waals surface area contributed by atoms with Crippen molar-refractivity contribution in [2.45, 2.75) is 24.6 Å². The molecule has 0 spiro atoms. The number of benzene rings is 1. The number of rotatable bonds is 8. The molecule has 9 nitrogen and oxygen atoms in total. The van der Waals surface area contributed by atoms with Crippen molar-refractivity contribution in [1.29, 1.82) is 0 Å². The van der Waals surface area contributed by atoms with Gasteiger partial charge >= 0.3 is 5.69 Å². The Kier molecular flexibility index (Phi) is 6.33. The Hall–Kier alpha value is -2.79. The van der Waals surface area contributed by atoms with Crippen molar-refractivity contribution in [2.75, 3.05) is 34.0 Å². The van der Waals surface area contributed by atoms with Gasteiger partial charge in [0.15, 0.2) is 12.4 Å². The number of H-pyrrole nitrogens is 1. The molecule has 1 unspecified atom stereocenters. The molecule has 166 valence electrons. The van der Waals surface area contributed by atoms with Gasteiger partial charge in [-0.1, -0.05) is 12.1 Å². The molecule has 3 heterocycles. The molecule has 1 saturated heterocycles. The molecule has 1 aromatic carbocycles. The first-order valence-corrected chi connectivity index (χ1v) is 9.92. The standard InChI is InChI=1S/C21H25FN4O5/c1-28-11-16-18(29-2)17(22)20(31-16)26-10-12-9-14(24-19(12)25-21(26)27)13-5-3-4-6-15(13)30-8-7-23/h3-6,9-10,16-18,20H,7-8,11,23H2,1-2H3,(H,24,25,27)/t16-,17+,18?,20-/m1/s1. The number of nitrogens with one attached hydrogen (secondary N) is 1. The first kappa shape index (κ1) is 21.4. The van der Waals surface area contributed by atoms with E-state index in [1.165, 1.54) is 20.4 Å². The highest BCUT2D eigenvalue weighted by molar-refractivity contribution is 5.83. The molecular weight excluding hydrogens is 407 g/mol. The molecule has 1 fully saturated rings. The second kappa shape index (κ2) is 9.15. The van der Waals surface area contributed by atoms with Crippen molar-refractivity contribution in [3.8, 4) is 17.0 Å². The molecule has 31 heavy (non-hydrogen) atoms. The Morgan fingerprint density at radius 3 is 2.87 bits per heavy atom. The second-order valence-corrected chi connectivity index (χ2v) is 7.22. The van der Waals surface area contributed by atoms with Gasteiger partial charge in [0.05, 0.1) is 12.3 Å². The highest BCUT2D eigenvalue weighted by Crippen LogP contribution is 2.34. The number of methoxy groups -OCH3 is 2. The molecule has 1 aliphatic rings. The van der Waals surface area contributed by atoms with Crippen LogP contribution in [0.25, 0.3) is 22.3 Å². The predicted octanol–water partition coefficient (Wildman–Crippen LogP) is 1.63. The number of halogens is 1. The average Bonchev–Trinajstić information content (AvgIpc) is 3.32. The maximum atomic E-state index is 15.0. The van der Waals surface area contributed by atoms with E-state index in [9.17, 15) is 4.79 Å². The van der Waals surface area contributed by atoms with Crippen molar-refractivity contribution in [2.24, 2.45) is 5.73 Å². The van der Waals surface area contributed by atoms with Gasteiger partial charge in [-0.2, -0.15) is 4.98 Å². The smallest absolute Gasteiger partial charge is 0.351 e. The van der Waals surface area contributed by atoms with E-state index in [0.29, 0.717) is 35.6 Å². The minimum Gasteiger partial charge on any atom is -0.492 e. The number of nitrogens with zero attached hydrogens (tertiary/aromatic N) is 2. The lowest BCUT2D eigenvalue weighted by Gasteiger charge is -2.16. The van der Waals surface area contributed by atoms with Crippen LogP contribution in [0.3, 0.4) is 0 Å². The monoisotopic (exact) mass is 432 g/mol. The van der Waals surface area contributed by atoms with Crippen LogP contribution in [0.5, 0.6) is 5.75 Å². The van der Waals surface area contributed by atoms with Crippen LogP contribution in [0.15, 0.2) is 41.3 Å². The van der Waals surface area contributed by atoms with Crippen molar-refractivity contribution in [3.05, 3.63) is 47.0 Å². The van der Waals surface area contributed by atoms with Gasteiger partial charge in [-0.05, 0) is 18.2 Å². The zero-order chi connectivity index (χ0) is 22.0. The maximum Gasteiger partial charge on any atom is 0.351 e. The molecule has 3 aromatic rings. The molecule has 4 atom stereocenters. The van der Waals surface area contributed by atoms with Gasteiger partial charge < -0.3 is 29.7 Å². The van der Waals surface area contributed by atoms with Gasteiger partial charge in [0, 0.05) is 37.9 Å². The van der Waals surface area contributed by atoms with Crippen LogP contribution in [0, 0.1) is 0 Å². The molecule has 2 aromatic heterocycles. The Bertz CT molecular complexity index is 1100. The van der Waals surface area contributed by atoms with E-state index >= 15 is 4.39 Å². The van der Waals surface area contributed by atoms with Crippen molar-refractivity contribution >= 4 is 11.0 Å². The Morgan fingerprint density at radius 2 is 2.13 bits per heavy atom. The van der Waals surface area contributed by atoms with Crippen LogP contribution < -0.4 is 16.2 Å². The molecule has 0 radical (unpaired) electrons. The summed E-state index contributed by atoms with van der Waals surface area (Å²) in [5.41, 5.74) is 6.80. The number of hydrogen-bond donors (Lipinski definition) is 2. The van der Waals surface area contributed by atoms with Crippen LogP contribution in [-0.4, -0.2) is 66.9 Å². The highest BCUT2D eigenvalue weighted by atomic mass is 19.1. The van der Waals surface area contributed by atoms with Crippen LogP contribution in [-0.2, 0) is 14.2 Å². The summed E-state index contributed by atoms with van der Waals surface area (Å²) in [7, 11) is 2.89. The number of hydrogen-bond acceptors (Lipinski definition) is 7. The highest BCUT2D eigenvalue weighted by Gasteiger charge is 2.47. The number of fused-ring (bicyclic) bond motifs is 1. The summed E-state index contributed by atoms with van der Waals surface area (Å²) in [5.74, 6) is 0.656. The van der Waals surface area contributed by atoms with Gasteiger partial charge in [-0.15, -0.1) is 0 Å². The van der Waals surface area contributed by atoms with Gasteiger partial charge in [-0.3, -0.25) is 4.57 Å². The van der Waals surface area contributed by atoms with Gasteiger partial charge in [0.1, 0.15) is 30.2 Å². The first-order chi connectivity index (χ1) is 15.1. The topological polar surface area (TPSA) is 114 Å². The van der Waals surface area contributed by atoms with Gasteiger partial charge in [0.2, 0.25) is 0 Å². The van der Waals surface area contributed by atoms with Crippen LogP contribution >= 0.6 is 0 Å². The molecule has 0 saturated carbocycles. The third-order valence-corrected chi connectivity index (χ3v) is 5.23. The Labute approximate surface area is 177 Å². The SMILES string of the molecule is COC[C@H]1O[C@@H](n2cc3cc(-c4ccccc4OCCN)[nH]c3nc2=O)[C@@H](F)C1OC. The van der Waals surface area contributed by atoms with E-state index in [2.05, 4.69) is 9.97 Å². The van der Waals surface area contributed by atoms with Gasteiger partial charge in [-0.25, -0.2) is 9.18 Å². The normalized spacial score (nSPS) is 23.5. The summed E-state index contributed by atoms with van der Waals surface area (Å²) < 4.78 is 37.9. The van der Waals surface area contributed by atoms with E-state index in [4.69, 9.17) is 24.7 Å². The fraction of sp³-hybridized carbons (Fsp3) is 0.429. The van der Waals surface area contributed by atoms with Crippen LogP contribution in [0.2, 0.25) is 0 Å². The maximum absolute atomic E-state index is 15.0. The number of para-hydroxylation sites is 1. The van der Waals surface area contributed by atoms with Crippen LogP contribution in [0.1, 0.15) is 6.23 Å². The number of ether oxygens (including phenoxy) is 4. The number of alkyl halides is 1. The summed E-state index contributed by atoms with van der Waals surface area (Å²) in [6.07, 6.45) is -2.65. The Balaban J connectivity index is 1.70. The first-order valence-electron chi connectivity index (χ1n) is 9.92.